The predicted molar refractivity (Wildman–Crippen MR) is 66.3 cm³/mol. The van der Waals surface area contributed by atoms with Gasteiger partial charge in [-0.15, -0.1) is 0 Å². The van der Waals surface area contributed by atoms with Gasteiger partial charge >= 0.3 is 0 Å². The lowest BCUT2D eigenvalue weighted by molar-refractivity contribution is -0.00694. The molecule has 6 heteroatoms. The first-order chi connectivity index (χ1) is 8.34. The van der Waals surface area contributed by atoms with Crippen molar-refractivity contribution in [1.82, 2.24) is 10.0 Å². The lowest BCUT2D eigenvalue weighted by Crippen LogP contribution is -2.31. The zero-order valence-electron chi connectivity index (χ0n) is 11.0. The molecule has 0 aliphatic heterocycles. The summed E-state index contributed by atoms with van der Waals surface area (Å²) in [5.74, 6) is -0.438. The van der Waals surface area contributed by atoms with E-state index in [0.717, 1.165) is 0 Å². The third-order valence-electron chi connectivity index (χ3n) is 2.63. The molecule has 1 aromatic rings. The molecular weight excluding hydrogens is 236 g/mol. The smallest absolute Gasteiger partial charge is 0.276 e. The van der Waals surface area contributed by atoms with Crippen molar-refractivity contribution in [2.75, 3.05) is 6.61 Å². The molecule has 6 nitrogen and oxygen atoms in total. The molecule has 1 aromatic heterocycles. The highest BCUT2D eigenvalue weighted by Gasteiger charge is 2.14. The van der Waals surface area contributed by atoms with Crippen LogP contribution in [0.2, 0.25) is 0 Å². The van der Waals surface area contributed by atoms with E-state index in [2.05, 4.69) is 5.48 Å². The van der Waals surface area contributed by atoms with Crippen molar-refractivity contribution in [1.29, 1.82) is 0 Å². The Labute approximate surface area is 105 Å². The number of hydroxylamine groups is 1. The summed E-state index contributed by atoms with van der Waals surface area (Å²) in [6, 6.07) is 1.53. The number of nitrogens with one attached hydrogen (secondary N) is 1. The normalized spacial score (nSPS) is 12.3. The molecule has 0 aliphatic rings. The van der Waals surface area contributed by atoms with E-state index in [0.29, 0.717) is 16.8 Å². The highest BCUT2D eigenvalue weighted by atomic mass is 16.7. The maximum absolute atomic E-state index is 11.8. The predicted octanol–water partition coefficient (Wildman–Crippen LogP) is 0.0443. The number of aliphatic hydroxyl groups is 1. The van der Waals surface area contributed by atoms with Gasteiger partial charge in [0.1, 0.15) is 6.61 Å². The van der Waals surface area contributed by atoms with E-state index in [-0.39, 0.29) is 12.2 Å². The number of hydrogen-bond donors (Lipinski definition) is 2. The lowest BCUT2D eigenvalue weighted by Gasteiger charge is -2.12. The molecular formula is C12H18N2O4. The Morgan fingerprint density at radius 1 is 1.56 bits per heavy atom. The van der Waals surface area contributed by atoms with Gasteiger partial charge in [-0.3, -0.25) is 14.4 Å². The van der Waals surface area contributed by atoms with Crippen LogP contribution in [0.5, 0.6) is 0 Å². The molecule has 0 unspecified atom stereocenters. The Morgan fingerprint density at radius 3 is 2.72 bits per heavy atom. The van der Waals surface area contributed by atoms with Gasteiger partial charge in [-0.05, 0) is 26.8 Å². The van der Waals surface area contributed by atoms with Crippen LogP contribution in [0.3, 0.4) is 0 Å². The van der Waals surface area contributed by atoms with Gasteiger partial charge in [0.25, 0.3) is 11.5 Å². The van der Waals surface area contributed by atoms with E-state index in [9.17, 15) is 9.59 Å². The summed E-state index contributed by atoms with van der Waals surface area (Å²) < 4.78 is 1.42. The van der Waals surface area contributed by atoms with Crippen molar-refractivity contribution in [3.05, 3.63) is 33.2 Å². The Hall–Kier alpha value is -1.66. The minimum atomic E-state index is -0.659. The molecule has 0 saturated heterocycles. The molecule has 1 amide bonds. The highest BCUT2D eigenvalue weighted by molar-refractivity contribution is 5.94. The second-order valence-electron chi connectivity index (χ2n) is 4.28. The van der Waals surface area contributed by atoms with E-state index in [1.165, 1.54) is 10.6 Å². The third kappa shape index (κ3) is 3.18. The molecule has 0 aromatic carbocycles. The van der Waals surface area contributed by atoms with Crippen LogP contribution < -0.4 is 11.0 Å². The Bertz CT molecular complexity index is 506. The van der Waals surface area contributed by atoms with Crippen LogP contribution in [0.15, 0.2) is 10.9 Å². The Kier molecular flexibility index (Phi) is 4.63. The second-order valence-corrected chi connectivity index (χ2v) is 4.28. The van der Waals surface area contributed by atoms with Crippen molar-refractivity contribution in [2.24, 2.45) is 7.05 Å². The molecule has 1 atom stereocenters. The van der Waals surface area contributed by atoms with Crippen LogP contribution in [-0.4, -0.2) is 28.3 Å². The fraction of sp³-hybridized carbons (Fsp3) is 0.500. The lowest BCUT2D eigenvalue weighted by atomic mass is 10.1. The zero-order valence-corrected chi connectivity index (χ0v) is 11.0. The number of rotatable bonds is 4. The summed E-state index contributed by atoms with van der Waals surface area (Å²) in [5.41, 5.74) is 3.52. The Morgan fingerprint density at radius 2 is 2.17 bits per heavy atom. The number of aromatic nitrogens is 1. The van der Waals surface area contributed by atoms with Crippen LogP contribution in [0, 0.1) is 13.8 Å². The highest BCUT2D eigenvalue weighted by Crippen LogP contribution is 2.06. The number of hydrogen-bond acceptors (Lipinski definition) is 4. The van der Waals surface area contributed by atoms with E-state index < -0.39 is 12.0 Å². The number of carbonyl (C=O) groups excluding carboxylic acids is 1. The minimum Gasteiger partial charge on any atom is -0.391 e. The van der Waals surface area contributed by atoms with Gasteiger partial charge < -0.3 is 9.67 Å². The summed E-state index contributed by atoms with van der Waals surface area (Å²) in [6.07, 6.45) is -0.659. The quantitative estimate of drug-likeness (QED) is 0.744. The molecule has 100 valence electrons. The van der Waals surface area contributed by atoms with E-state index in [1.807, 2.05) is 0 Å². The summed E-state index contributed by atoms with van der Waals surface area (Å²) in [4.78, 5) is 28.3. The number of aryl methyl sites for hydroxylation is 1. The van der Waals surface area contributed by atoms with Gasteiger partial charge in [0.05, 0.1) is 11.7 Å². The maximum atomic E-state index is 11.8. The number of pyridine rings is 1. The fourth-order valence-electron chi connectivity index (χ4n) is 1.49. The van der Waals surface area contributed by atoms with Crippen molar-refractivity contribution in [3.63, 3.8) is 0 Å². The van der Waals surface area contributed by atoms with Gasteiger partial charge in [0.15, 0.2) is 0 Å². The second kappa shape index (κ2) is 5.79. The standard InChI is InChI=1S/C12H18N2O4/c1-7-5-10(9(3)14(4)12(7)17)11(16)13-18-6-8(2)15/h5,8,15H,6H2,1-4H3,(H,13,16)/t8-/m0/s1. The third-order valence-corrected chi connectivity index (χ3v) is 2.63. The molecule has 0 bridgehead atoms. The number of carbonyl (C=O) groups is 1. The molecule has 1 rings (SSSR count). The van der Waals surface area contributed by atoms with Gasteiger partial charge in [0, 0.05) is 18.3 Å². The number of aliphatic hydroxyl groups excluding tert-OH is 1. The van der Waals surface area contributed by atoms with Gasteiger partial charge in [-0.25, -0.2) is 5.48 Å². The summed E-state index contributed by atoms with van der Waals surface area (Å²) in [5, 5.41) is 8.99. The van der Waals surface area contributed by atoms with Crippen LogP contribution in [0.4, 0.5) is 0 Å². The monoisotopic (exact) mass is 254 g/mol. The zero-order chi connectivity index (χ0) is 13.9. The summed E-state index contributed by atoms with van der Waals surface area (Å²) >= 11 is 0. The van der Waals surface area contributed by atoms with E-state index in [1.54, 1.807) is 27.8 Å². The van der Waals surface area contributed by atoms with Crippen molar-refractivity contribution in [2.45, 2.75) is 26.9 Å². The van der Waals surface area contributed by atoms with Crippen molar-refractivity contribution < 1.29 is 14.7 Å². The molecule has 1 heterocycles. The minimum absolute atomic E-state index is 0.00946. The molecule has 2 N–H and O–H groups in total. The van der Waals surface area contributed by atoms with Gasteiger partial charge in [-0.2, -0.15) is 0 Å². The number of nitrogens with zero attached hydrogens (tertiary/aromatic N) is 1. The average molecular weight is 254 g/mol. The van der Waals surface area contributed by atoms with Gasteiger partial charge in [-0.1, -0.05) is 0 Å². The summed E-state index contributed by atoms with van der Waals surface area (Å²) in [7, 11) is 1.61. The largest absolute Gasteiger partial charge is 0.391 e. The fourth-order valence-corrected chi connectivity index (χ4v) is 1.49. The Balaban J connectivity index is 2.90. The van der Waals surface area contributed by atoms with Gasteiger partial charge in [0.2, 0.25) is 0 Å². The van der Waals surface area contributed by atoms with Crippen LogP contribution in [-0.2, 0) is 11.9 Å². The molecule has 0 radical (unpaired) electrons. The number of amides is 1. The maximum Gasteiger partial charge on any atom is 0.276 e. The SMILES string of the molecule is Cc1cc(C(=O)NOC[C@H](C)O)c(C)n(C)c1=O. The molecule has 0 saturated carbocycles. The molecule has 0 spiro atoms. The van der Waals surface area contributed by atoms with E-state index >= 15 is 0 Å². The van der Waals surface area contributed by atoms with Crippen LogP contribution in [0.25, 0.3) is 0 Å². The van der Waals surface area contributed by atoms with Crippen molar-refractivity contribution >= 4 is 5.91 Å². The molecule has 0 fully saturated rings. The van der Waals surface area contributed by atoms with Crippen molar-refractivity contribution in [3.8, 4) is 0 Å². The summed E-state index contributed by atoms with van der Waals surface area (Å²) in [6.45, 7) is 4.89. The molecule has 18 heavy (non-hydrogen) atoms. The van der Waals surface area contributed by atoms with Crippen LogP contribution in [0.1, 0.15) is 28.5 Å². The first-order valence-corrected chi connectivity index (χ1v) is 5.62. The first-order valence-electron chi connectivity index (χ1n) is 5.62. The first kappa shape index (κ1) is 14.4. The van der Waals surface area contributed by atoms with Crippen LogP contribution >= 0.6 is 0 Å². The molecule has 0 aliphatic carbocycles. The average Bonchev–Trinajstić information content (AvgIpc) is 2.30. The topological polar surface area (TPSA) is 80.6 Å². The van der Waals surface area contributed by atoms with E-state index in [4.69, 9.17) is 9.94 Å².